The van der Waals surface area contributed by atoms with Crippen LogP contribution in [-0.2, 0) is 14.3 Å². The predicted octanol–water partition coefficient (Wildman–Crippen LogP) is 6.89. The van der Waals surface area contributed by atoms with Crippen molar-refractivity contribution in [2.45, 2.75) is 63.3 Å². The second kappa shape index (κ2) is 11.5. The van der Waals surface area contributed by atoms with Crippen molar-refractivity contribution in [1.82, 2.24) is 0 Å². The van der Waals surface area contributed by atoms with E-state index in [0.717, 1.165) is 11.8 Å². The standard InChI is InChI=1S/C35H33ClFNO7S/c1-32-13-11-22(39)17-21(32)5-9-26-25-12-14-34(31(43)46-16-15-38,33(25,2)19-29(41)35(26,32)37)45-30(42)20-3-6-23(7-4-20)44-24-8-10-28(40)27(36)18-24/h3-8,10-11,13,18,25-26,29,40-41H,9,12,14,16-17,19H2,1-2H3/t25-,26-,29-,32-,33-,34-,35-/m0/s1. The summed E-state index contributed by atoms with van der Waals surface area (Å²) in [7, 11) is 0. The smallest absolute Gasteiger partial charge is 0.339 e. The van der Waals surface area contributed by atoms with Crippen LogP contribution in [0.5, 0.6) is 17.2 Å². The van der Waals surface area contributed by atoms with E-state index < -0.39 is 51.1 Å². The number of aromatic hydroxyl groups is 1. The van der Waals surface area contributed by atoms with Crippen LogP contribution in [0.1, 0.15) is 56.3 Å². The van der Waals surface area contributed by atoms with Gasteiger partial charge in [0.2, 0.25) is 5.12 Å². The van der Waals surface area contributed by atoms with E-state index in [9.17, 15) is 29.9 Å². The van der Waals surface area contributed by atoms with Crippen molar-refractivity contribution in [3.8, 4) is 23.3 Å². The maximum absolute atomic E-state index is 17.6. The van der Waals surface area contributed by atoms with E-state index in [4.69, 9.17) is 21.1 Å². The summed E-state index contributed by atoms with van der Waals surface area (Å²) in [5, 5.41) is 30.2. The number of benzene rings is 2. The molecule has 2 N–H and O–H groups in total. The van der Waals surface area contributed by atoms with Crippen LogP contribution in [0.2, 0.25) is 5.02 Å². The summed E-state index contributed by atoms with van der Waals surface area (Å²) in [5.74, 6) is -1.52. The van der Waals surface area contributed by atoms with Gasteiger partial charge in [-0.2, -0.15) is 5.26 Å². The molecule has 7 atom stereocenters. The average Bonchev–Trinajstić information content (AvgIpc) is 3.31. The van der Waals surface area contributed by atoms with E-state index in [2.05, 4.69) is 0 Å². The molecule has 240 valence electrons. The number of alkyl halides is 1. The number of nitriles is 1. The number of phenols is 1. The van der Waals surface area contributed by atoms with Gasteiger partial charge in [-0.25, -0.2) is 9.18 Å². The minimum absolute atomic E-state index is 0.0877. The number of ether oxygens (including phenoxy) is 2. The SMILES string of the molecule is C[C@]12C=CC(=O)CC1=CC[C@H]1[C@@H]3CC[C@](OC(=O)c4ccc(Oc5ccc(O)c(Cl)c5)cc4)(C(=O)SCC#N)[C@@]3(C)C[C@H](O)[C@@]12F. The molecule has 2 aromatic carbocycles. The zero-order chi connectivity index (χ0) is 33.1. The van der Waals surface area contributed by atoms with E-state index in [0.29, 0.717) is 23.5 Å². The average molecular weight is 666 g/mol. The van der Waals surface area contributed by atoms with E-state index in [-0.39, 0.29) is 53.6 Å². The second-order valence-corrected chi connectivity index (χ2v) is 14.3. The van der Waals surface area contributed by atoms with Gasteiger partial charge in [0, 0.05) is 29.2 Å². The summed E-state index contributed by atoms with van der Waals surface area (Å²) in [6.45, 7) is 3.51. The topological polar surface area (TPSA) is 134 Å². The number of aliphatic hydroxyl groups is 1. The fourth-order valence-electron chi connectivity index (χ4n) is 8.43. The van der Waals surface area contributed by atoms with Crippen molar-refractivity contribution in [3.63, 3.8) is 0 Å². The number of aliphatic hydroxyl groups excluding tert-OH is 1. The van der Waals surface area contributed by atoms with E-state index in [1.165, 1.54) is 36.4 Å². The summed E-state index contributed by atoms with van der Waals surface area (Å²) in [4.78, 5) is 39.9. The summed E-state index contributed by atoms with van der Waals surface area (Å²) in [5.41, 5.74) is -5.36. The highest BCUT2D eigenvalue weighted by Gasteiger charge is 2.75. The lowest BCUT2D eigenvalue weighted by Gasteiger charge is -2.62. The molecule has 0 aliphatic heterocycles. The molecule has 2 saturated carbocycles. The number of phenolic OH excluding ortho intramolecular Hbond substituents is 1. The van der Waals surface area contributed by atoms with Crippen molar-refractivity contribution < 1.29 is 38.5 Å². The molecule has 4 aliphatic rings. The normalized spacial score (nSPS) is 34.4. The number of ketones is 1. The maximum atomic E-state index is 17.6. The number of carbonyl (C=O) groups is 3. The Kier molecular flexibility index (Phi) is 8.11. The van der Waals surface area contributed by atoms with Gasteiger partial charge in [-0.05, 0) is 81.0 Å². The molecule has 0 bridgehead atoms. The van der Waals surface area contributed by atoms with Crippen molar-refractivity contribution in [1.29, 1.82) is 5.26 Å². The van der Waals surface area contributed by atoms with Crippen molar-refractivity contribution in [2.75, 3.05) is 5.75 Å². The summed E-state index contributed by atoms with van der Waals surface area (Å²) in [6, 6.07) is 12.4. The molecule has 8 nitrogen and oxygen atoms in total. The van der Waals surface area contributed by atoms with E-state index in [1.54, 1.807) is 32.1 Å². The van der Waals surface area contributed by atoms with Crippen LogP contribution in [0, 0.1) is 34.0 Å². The van der Waals surface area contributed by atoms with Gasteiger partial charge < -0.3 is 19.7 Å². The highest BCUT2D eigenvalue weighted by molar-refractivity contribution is 8.14. The summed E-state index contributed by atoms with van der Waals surface area (Å²) < 4.78 is 29.5. The number of nitrogens with zero attached hydrogens (tertiary/aromatic N) is 1. The Labute approximate surface area is 275 Å². The van der Waals surface area contributed by atoms with Crippen LogP contribution < -0.4 is 4.74 Å². The fraction of sp³-hybridized carbons (Fsp3) is 0.429. The van der Waals surface area contributed by atoms with Crippen LogP contribution in [0.4, 0.5) is 4.39 Å². The number of rotatable bonds is 6. The van der Waals surface area contributed by atoms with Crippen molar-refractivity contribution in [3.05, 3.63) is 76.9 Å². The number of allylic oxidation sites excluding steroid dienone is 4. The quantitative estimate of drug-likeness (QED) is 0.250. The van der Waals surface area contributed by atoms with Crippen molar-refractivity contribution in [2.24, 2.45) is 22.7 Å². The lowest BCUT2D eigenvalue weighted by molar-refractivity contribution is -0.209. The third-order valence-electron chi connectivity index (χ3n) is 10.8. The lowest BCUT2D eigenvalue weighted by Crippen LogP contribution is -2.69. The highest BCUT2D eigenvalue weighted by atomic mass is 35.5. The Balaban J connectivity index is 1.31. The van der Waals surface area contributed by atoms with Gasteiger partial charge in [0.15, 0.2) is 17.1 Å². The molecule has 0 spiro atoms. The number of hydrogen-bond acceptors (Lipinski definition) is 9. The zero-order valence-electron chi connectivity index (χ0n) is 25.3. The Morgan fingerprint density at radius 3 is 2.57 bits per heavy atom. The lowest BCUT2D eigenvalue weighted by atomic mass is 9.45. The van der Waals surface area contributed by atoms with Crippen LogP contribution in [0.15, 0.2) is 66.3 Å². The molecule has 0 radical (unpaired) electrons. The first-order valence-corrected chi connectivity index (χ1v) is 16.5. The number of hydrogen-bond donors (Lipinski definition) is 2. The zero-order valence-corrected chi connectivity index (χ0v) is 26.9. The summed E-state index contributed by atoms with van der Waals surface area (Å²) in [6.07, 6.45) is 4.05. The Bertz CT molecular complexity index is 1720. The first kappa shape index (κ1) is 32.3. The van der Waals surface area contributed by atoms with Crippen LogP contribution >= 0.6 is 23.4 Å². The second-order valence-electron chi connectivity index (χ2n) is 13.0. The Morgan fingerprint density at radius 2 is 1.87 bits per heavy atom. The number of fused-ring (bicyclic) bond motifs is 5. The minimum atomic E-state index is -2.10. The fourth-order valence-corrected chi connectivity index (χ4v) is 9.40. The Hall–Kier alpha value is -3.65. The first-order chi connectivity index (χ1) is 21.8. The van der Waals surface area contributed by atoms with Gasteiger partial charge >= 0.3 is 5.97 Å². The van der Waals surface area contributed by atoms with Gasteiger partial charge in [0.1, 0.15) is 17.2 Å². The van der Waals surface area contributed by atoms with Gasteiger partial charge in [-0.3, -0.25) is 9.59 Å². The maximum Gasteiger partial charge on any atom is 0.339 e. The molecule has 4 aliphatic carbocycles. The van der Waals surface area contributed by atoms with Crippen LogP contribution in [0.3, 0.4) is 0 Å². The number of carbonyl (C=O) groups excluding carboxylic acids is 3. The predicted molar refractivity (Wildman–Crippen MR) is 169 cm³/mol. The summed E-state index contributed by atoms with van der Waals surface area (Å²) >= 11 is 6.72. The molecule has 2 fully saturated rings. The largest absolute Gasteiger partial charge is 0.506 e. The van der Waals surface area contributed by atoms with Gasteiger partial charge in [-0.15, -0.1) is 0 Å². The molecule has 6 rings (SSSR count). The molecule has 0 amide bonds. The van der Waals surface area contributed by atoms with E-state index >= 15 is 4.39 Å². The molecule has 46 heavy (non-hydrogen) atoms. The molecule has 0 heterocycles. The molecule has 0 aromatic heterocycles. The molecule has 2 aromatic rings. The molecule has 0 saturated heterocycles. The number of esters is 1. The highest BCUT2D eigenvalue weighted by Crippen LogP contribution is 2.70. The van der Waals surface area contributed by atoms with Gasteiger partial charge in [0.25, 0.3) is 0 Å². The molecular weight excluding hydrogens is 633 g/mol. The van der Waals surface area contributed by atoms with Crippen LogP contribution in [-0.4, -0.2) is 50.2 Å². The Morgan fingerprint density at radius 1 is 1.15 bits per heavy atom. The van der Waals surface area contributed by atoms with Crippen molar-refractivity contribution >= 4 is 40.2 Å². The van der Waals surface area contributed by atoms with Gasteiger partial charge in [-0.1, -0.05) is 48.0 Å². The van der Waals surface area contributed by atoms with Crippen LogP contribution in [0.25, 0.3) is 0 Å². The monoisotopic (exact) mass is 665 g/mol. The number of halogens is 2. The van der Waals surface area contributed by atoms with E-state index in [1.807, 2.05) is 12.1 Å². The molecular formula is C35H33ClFNO7S. The minimum Gasteiger partial charge on any atom is -0.506 e. The van der Waals surface area contributed by atoms with Gasteiger partial charge in [0.05, 0.1) is 28.5 Å². The molecule has 0 unspecified atom stereocenters. The number of thioether (sulfide) groups is 1. The first-order valence-electron chi connectivity index (χ1n) is 15.1. The molecule has 11 heteroatoms. The third kappa shape index (κ3) is 4.78. The third-order valence-corrected chi connectivity index (χ3v) is 12.0.